The molecule has 0 aliphatic rings. The van der Waals surface area contributed by atoms with Gasteiger partial charge in [-0.25, -0.2) is 9.97 Å². The molecule has 0 spiro atoms. The van der Waals surface area contributed by atoms with Crippen LogP contribution in [0.25, 0.3) is 65.9 Å². The first kappa shape index (κ1) is 23.8. The molecule has 7 nitrogen and oxygen atoms in total. The van der Waals surface area contributed by atoms with Gasteiger partial charge >= 0.3 is 0 Å². The first-order valence-corrected chi connectivity index (χ1v) is 14.1. The van der Waals surface area contributed by atoms with E-state index >= 15 is 0 Å². The Kier molecular flexibility index (Phi) is 5.38. The zero-order valence-electron chi connectivity index (χ0n) is 23.0. The van der Waals surface area contributed by atoms with Gasteiger partial charge in [-0.1, -0.05) is 11.6 Å². The molecule has 6 heterocycles. The predicted molar refractivity (Wildman–Crippen MR) is 166 cm³/mol. The van der Waals surface area contributed by atoms with Crippen molar-refractivity contribution >= 4 is 65.9 Å². The Bertz CT molecular complexity index is 2280. The first-order chi connectivity index (χ1) is 20.2. The minimum atomic E-state index is 0.835. The molecule has 41 heavy (non-hydrogen) atoms. The number of nitrogens with zero attached hydrogens (tertiary/aromatic N) is 5. The number of pyridine rings is 4. The molecule has 8 rings (SSSR count). The summed E-state index contributed by atoms with van der Waals surface area (Å²) in [5.74, 6) is 0.835. The second-order valence-corrected chi connectivity index (χ2v) is 10.8. The number of unbranched alkanes of at least 4 members (excludes halogenated alkanes) is 1. The lowest BCUT2D eigenvalue weighted by Crippen LogP contribution is -2.01. The normalized spacial score (nSPS) is 12.0. The number of benzene rings is 2. The van der Waals surface area contributed by atoms with Crippen LogP contribution in [0.1, 0.15) is 24.0 Å². The molecule has 0 saturated heterocycles. The van der Waals surface area contributed by atoms with Crippen molar-refractivity contribution in [3.05, 3.63) is 90.3 Å². The highest BCUT2D eigenvalue weighted by Gasteiger charge is 2.17. The van der Waals surface area contributed by atoms with Gasteiger partial charge in [0.2, 0.25) is 0 Å². The Morgan fingerprint density at radius 3 is 2.59 bits per heavy atom. The summed E-state index contributed by atoms with van der Waals surface area (Å²) < 4.78 is 7.93. The van der Waals surface area contributed by atoms with E-state index in [0.717, 1.165) is 86.6 Å². The summed E-state index contributed by atoms with van der Waals surface area (Å²) in [6, 6.07) is 23.0. The number of hydrogen-bond donors (Lipinski definition) is 1. The summed E-state index contributed by atoms with van der Waals surface area (Å²) in [7, 11) is 1.70. The van der Waals surface area contributed by atoms with Crippen molar-refractivity contribution in [2.24, 2.45) is 0 Å². The third kappa shape index (κ3) is 3.80. The Balaban J connectivity index is 1.18. The zero-order chi connectivity index (χ0) is 27.5. The maximum Gasteiger partial charge on any atom is 0.141 e. The minimum Gasteiger partial charge on any atom is -0.497 e. The number of methoxy groups -OCH3 is 1. The van der Waals surface area contributed by atoms with E-state index in [-0.39, 0.29) is 0 Å². The number of H-pyrrole nitrogens is 1. The van der Waals surface area contributed by atoms with E-state index in [0.29, 0.717) is 0 Å². The van der Waals surface area contributed by atoms with Crippen LogP contribution in [0.5, 0.6) is 5.75 Å². The number of aromatic nitrogens is 6. The van der Waals surface area contributed by atoms with Crippen LogP contribution in [0, 0.1) is 6.92 Å². The van der Waals surface area contributed by atoms with Crippen molar-refractivity contribution in [2.75, 3.05) is 7.11 Å². The summed E-state index contributed by atoms with van der Waals surface area (Å²) >= 11 is 0. The monoisotopic (exact) mass is 536 g/mol. The molecular formula is C34H28N6O. The molecule has 0 unspecified atom stereocenters. The van der Waals surface area contributed by atoms with Crippen LogP contribution in [0.2, 0.25) is 0 Å². The van der Waals surface area contributed by atoms with E-state index in [1.807, 2.05) is 42.7 Å². The fraction of sp³-hybridized carbons (Fsp3) is 0.176. The van der Waals surface area contributed by atoms with Crippen molar-refractivity contribution in [3.8, 4) is 5.75 Å². The van der Waals surface area contributed by atoms with E-state index < -0.39 is 0 Å². The van der Waals surface area contributed by atoms with Crippen molar-refractivity contribution in [1.29, 1.82) is 0 Å². The molecule has 0 saturated carbocycles. The molecule has 0 radical (unpaired) electrons. The molecule has 7 heteroatoms. The van der Waals surface area contributed by atoms with Crippen LogP contribution in [0.4, 0.5) is 0 Å². The molecule has 0 amide bonds. The standard InChI is InChI=1S/C34H28N6O/c1-20-10-13-30-23(17-20)24-19-29-27(8-5-14-35-29)39-34(24)40(30)16-4-3-7-22-31-25-18-21(41-2)11-12-26(25)37-33(31)38-28-9-6-15-36-32(22)28/h5-6,8-15,17-19H,3-4,7,16H2,1-2H3,(H,37,38). The van der Waals surface area contributed by atoms with Crippen LogP contribution >= 0.6 is 0 Å². The summed E-state index contributed by atoms with van der Waals surface area (Å²) in [4.78, 5) is 22.9. The van der Waals surface area contributed by atoms with E-state index in [1.165, 1.54) is 22.0 Å². The van der Waals surface area contributed by atoms with Gasteiger partial charge < -0.3 is 14.3 Å². The highest BCUT2D eigenvalue weighted by Crippen LogP contribution is 2.35. The predicted octanol–water partition coefficient (Wildman–Crippen LogP) is 7.66. The summed E-state index contributed by atoms with van der Waals surface area (Å²) in [5.41, 5.74) is 10.4. The molecule has 0 atom stereocenters. The van der Waals surface area contributed by atoms with Gasteiger partial charge in [-0.05, 0) is 92.4 Å². The third-order valence-electron chi connectivity index (χ3n) is 8.20. The number of nitrogens with one attached hydrogen (secondary N) is 1. The molecule has 8 aromatic rings. The second-order valence-electron chi connectivity index (χ2n) is 10.8. The molecular weight excluding hydrogens is 508 g/mol. The smallest absolute Gasteiger partial charge is 0.141 e. The fourth-order valence-corrected chi connectivity index (χ4v) is 6.28. The van der Waals surface area contributed by atoms with Crippen LogP contribution < -0.4 is 4.74 Å². The van der Waals surface area contributed by atoms with E-state index in [2.05, 4.69) is 57.9 Å². The maximum absolute atomic E-state index is 5.55. The number of aryl methyl sites for hydroxylation is 3. The van der Waals surface area contributed by atoms with Gasteiger partial charge in [-0.15, -0.1) is 0 Å². The quantitative estimate of drug-likeness (QED) is 0.221. The highest BCUT2D eigenvalue weighted by molar-refractivity contribution is 6.12. The van der Waals surface area contributed by atoms with Gasteiger partial charge in [0.25, 0.3) is 0 Å². The highest BCUT2D eigenvalue weighted by atomic mass is 16.5. The van der Waals surface area contributed by atoms with Crippen molar-refractivity contribution in [3.63, 3.8) is 0 Å². The zero-order valence-corrected chi connectivity index (χ0v) is 23.0. The second kappa shape index (κ2) is 9.27. The lowest BCUT2D eigenvalue weighted by molar-refractivity contribution is 0.415. The summed E-state index contributed by atoms with van der Waals surface area (Å²) in [5, 5.41) is 4.66. The fourth-order valence-electron chi connectivity index (χ4n) is 6.28. The topological polar surface area (TPSA) is 81.5 Å². The van der Waals surface area contributed by atoms with Crippen molar-refractivity contribution in [2.45, 2.75) is 32.7 Å². The van der Waals surface area contributed by atoms with Crippen LogP contribution in [-0.2, 0) is 13.0 Å². The van der Waals surface area contributed by atoms with Gasteiger partial charge in [-0.2, -0.15) is 0 Å². The van der Waals surface area contributed by atoms with Crippen LogP contribution in [-0.4, -0.2) is 36.6 Å². The largest absolute Gasteiger partial charge is 0.497 e. The Hall–Kier alpha value is -5.04. The van der Waals surface area contributed by atoms with E-state index in [4.69, 9.17) is 19.7 Å². The number of ether oxygens (including phenoxy) is 1. The SMILES string of the molecule is COc1ccc2[nH]c3nc4cccnc4c(CCCCn4c5ccc(C)cc5c5cc6ncccc6nc54)c3c2c1. The molecule has 200 valence electrons. The van der Waals surface area contributed by atoms with Gasteiger partial charge in [0, 0.05) is 46.0 Å². The Morgan fingerprint density at radius 1 is 0.805 bits per heavy atom. The number of fused-ring (bicyclic) bond motifs is 8. The maximum atomic E-state index is 5.55. The average Bonchev–Trinajstić information content (AvgIpc) is 3.51. The molecule has 0 aliphatic carbocycles. The summed E-state index contributed by atoms with van der Waals surface area (Å²) in [6.45, 7) is 3.02. The summed E-state index contributed by atoms with van der Waals surface area (Å²) in [6.07, 6.45) is 6.60. The average molecular weight is 537 g/mol. The lowest BCUT2D eigenvalue weighted by Gasteiger charge is -2.10. The van der Waals surface area contributed by atoms with Crippen molar-refractivity contribution < 1.29 is 4.74 Å². The molecule has 0 fully saturated rings. The van der Waals surface area contributed by atoms with E-state index in [9.17, 15) is 0 Å². The van der Waals surface area contributed by atoms with Gasteiger partial charge in [0.1, 0.15) is 17.0 Å². The number of rotatable bonds is 6. The van der Waals surface area contributed by atoms with Gasteiger partial charge in [-0.3, -0.25) is 9.97 Å². The minimum absolute atomic E-state index is 0.835. The van der Waals surface area contributed by atoms with Crippen LogP contribution in [0.15, 0.2) is 79.1 Å². The third-order valence-corrected chi connectivity index (χ3v) is 8.20. The molecule has 2 aromatic carbocycles. The van der Waals surface area contributed by atoms with Gasteiger partial charge in [0.05, 0.1) is 34.7 Å². The van der Waals surface area contributed by atoms with Gasteiger partial charge in [0.15, 0.2) is 0 Å². The Labute approximate surface area is 235 Å². The lowest BCUT2D eigenvalue weighted by atomic mass is 10.0. The molecule has 0 bridgehead atoms. The molecule has 6 aromatic heterocycles. The van der Waals surface area contributed by atoms with Crippen molar-refractivity contribution in [1.82, 2.24) is 29.5 Å². The first-order valence-electron chi connectivity index (χ1n) is 14.1. The molecule has 0 aliphatic heterocycles. The molecule has 1 N–H and O–H groups in total. The van der Waals surface area contributed by atoms with Crippen LogP contribution in [0.3, 0.4) is 0 Å². The van der Waals surface area contributed by atoms with E-state index in [1.54, 1.807) is 7.11 Å². The number of aromatic amines is 1. The Morgan fingerprint density at radius 2 is 1.68 bits per heavy atom. The number of hydrogen-bond acceptors (Lipinski definition) is 5.